The van der Waals surface area contributed by atoms with Crippen LogP contribution in [0.4, 0.5) is 0 Å². The monoisotopic (exact) mass is 209 g/mol. The predicted octanol–water partition coefficient (Wildman–Crippen LogP) is 1.24. The lowest BCUT2D eigenvalue weighted by Gasteiger charge is -2.19. The van der Waals surface area contributed by atoms with Crippen molar-refractivity contribution in [2.45, 2.75) is 25.8 Å². The molecule has 82 valence electrons. The molecule has 0 aliphatic carbocycles. The van der Waals surface area contributed by atoms with Gasteiger partial charge in [0.05, 0.1) is 0 Å². The Kier molecular flexibility index (Phi) is 3.66. The molecule has 0 bridgehead atoms. The van der Waals surface area contributed by atoms with Gasteiger partial charge in [-0.3, -0.25) is 0 Å². The Hall–Kier alpha value is -1.58. The summed E-state index contributed by atoms with van der Waals surface area (Å²) in [6, 6.07) is -0.370. The van der Waals surface area contributed by atoms with Crippen LogP contribution in [0.15, 0.2) is 24.9 Å². The third kappa shape index (κ3) is 2.68. The maximum absolute atomic E-state index is 11.6. The minimum Gasteiger partial charge on any atom is -0.388 e. The van der Waals surface area contributed by atoms with Crippen LogP contribution in [0.3, 0.4) is 0 Å². The summed E-state index contributed by atoms with van der Waals surface area (Å²) in [5.74, 6) is -1.17. The van der Waals surface area contributed by atoms with E-state index >= 15 is 0 Å². The van der Waals surface area contributed by atoms with E-state index in [0.29, 0.717) is 6.42 Å². The molecule has 0 aromatic heterocycles. The highest BCUT2D eigenvalue weighted by Crippen LogP contribution is 2.18. The molecule has 1 heterocycles. The van der Waals surface area contributed by atoms with Gasteiger partial charge < -0.3 is 9.64 Å². The van der Waals surface area contributed by atoms with Crippen LogP contribution in [0.1, 0.15) is 19.8 Å². The van der Waals surface area contributed by atoms with E-state index in [2.05, 4.69) is 17.9 Å². The van der Waals surface area contributed by atoms with Gasteiger partial charge >= 0.3 is 11.9 Å². The van der Waals surface area contributed by atoms with Crippen LogP contribution in [-0.4, -0.2) is 29.4 Å². The Bertz CT molecular complexity index is 309. The van der Waals surface area contributed by atoms with E-state index in [-0.39, 0.29) is 11.6 Å². The Balaban J connectivity index is 2.57. The van der Waals surface area contributed by atoms with Gasteiger partial charge in [-0.05, 0) is 26.0 Å². The van der Waals surface area contributed by atoms with E-state index in [4.69, 9.17) is 0 Å². The molecule has 0 spiro atoms. The molecule has 1 unspecified atom stereocenters. The van der Waals surface area contributed by atoms with Crippen molar-refractivity contribution in [2.24, 2.45) is 0 Å². The Morgan fingerprint density at radius 3 is 2.73 bits per heavy atom. The van der Waals surface area contributed by atoms with Gasteiger partial charge in [0.15, 0.2) is 0 Å². The Morgan fingerprint density at radius 2 is 2.20 bits per heavy atom. The molecule has 1 rings (SSSR count). The van der Waals surface area contributed by atoms with Gasteiger partial charge in [0.1, 0.15) is 6.04 Å². The minimum atomic E-state index is -0.657. The number of carbonyl (C=O) groups is 2. The normalized spacial score (nSPS) is 19.8. The topological polar surface area (TPSA) is 46.6 Å². The molecular formula is C11H15NO3. The van der Waals surface area contributed by atoms with E-state index in [0.717, 1.165) is 13.0 Å². The molecule has 0 amide bonds. The summed E-state index contributed by atoms with van der Waals surface area (Å²) in [7, 11) is 0. The highest BCUT2D eigenvalue weighted by molar-refractivity contribution is 5.96. The molecule has 0 aromatic carbocycles. The molecule has 1 aliphatic rings. The van der Waals surface area contributed by atoms with Gasteiger partial charge in [-0.2, -0.15) is 0 Å². The molecule has 0 aromatic rings. The van der Waals surface area contributed by atoms with Gasteiger partial charge in [-0.25, -0.2) is 9.59 Å². The fourth-order valence-corrected chi connectivity index (χ4v) is 1.51. The highest BCUT2D eigenvalue weighted by Gasteiger charge is 2.31. The second kappa shape index (κ2) is 4.77. The van der Waals surface area contributed by atoms with Crippen molar-refractivity contribution in [2.75, 3.05) is 6.54 Å². The molecule has 1 atom stereocenters. The summed E-state index contributed by atoms with van der Waals surface area (Å²) in [6.07, 6.45) is 3.21. The first-order valence-corrected chi connectivity index (χ1v) is 4.86. The van der Waals surface area contributed by atoms with Crippen LogP contribution in [0.25, 0.3) is 0 Å². The molecule has 1 fully saturated rings. The highest BCUT2D eigenvalue weighted by atomic mass is 16.6. The molecule has 1 aliphatic heterocycles. The average Bonchev–Trinajstić information content (AvgIpc) is 2.64. The number of hydrogen-bond acceptors (Lipinski definition) is 4. The fourth-order valence-electron chi connectivity index (χ4n) is 1.51. The minimum absolute atomic E-state index is 0.228. The van der Waals surface area contributed by atoms with Crippen molar-refractivity contribution in [1.82, 2.24) is 4.90 Å². The molecule has 1 saturated heterocycles. The average molecular weight is 209 g/mol. The number of ether oxygens (including phenoxy) is 1. The smallest absolute Gasteiger partial charge is 0.340 e. The van der Waals surface area contributed by atoms with E-state index in [1.54, 1.807) is 11.1 Å². The number of esters is 2. The number of nitrogens with zero attached hydrogens (tertiary/aromatic N) is 1. The van der Waals surface area contributed by atoms with Crippen molar-refractivity contribution in [3.63, 3.8) is 0 Å². The van der Waals surface area contributed by atoms with Crippen LogP contribution in [0.5, 0.6) is 0 Å². The van der Waals surface area contributed by atoms with Crippen molar-refractivity contribution in [3.8, 4) is 0 Å². The lowest BCUT2D eigenvalue weighted by molar-refractivity contribution is -0.159. The lowest BCUT2D eigenvalue weighted by Crippen LogP contribution is -2.34. The summed E-state index contributed by atoms with van der Waals surface area (Å²) in [6.45, 7) is 9.31. The van der Waals surface area contributed by atoms with Gasteiger partial charge in [0, 0.05) is 12.1 Å². The van der Waals surface area contributed by atoms with Crippen LogP contribution in [0, 0.1) is 0 Å². The second-order valence-corrected chi connectivity index (χ2v) is 3.57. The summed E-state index contributed by atoms with van der Waals surface area (Å²) in [5, 5.41) is 0. The van der Waals surface area contributed by atoms with Gasteiger partial charge in [0.2, 0.25) is 0 Å². The van der Waals surface area contributed by atoms with Crippen LogP contribution in [0.2, 0.25) is 0 Å². The summed E-state index contributed by atoms with van der Waals surface area (Å²) < 4.78 is 4.66. The number of carbonyl (C=O) groups excluding carboxylic acids is 2. The van der Waals surface area contributed by atoms with Crippen molar-refractivity contribution < 1.29 is 14.3 Å². The predicted molar refractivity (Wildman–Crippen MR) is 55.8 cm³/mol. The first kappa shape index (κ1) is 11.5. The van der Waals surface area contributed by atoms with E-state index < -0.39 is 11.9 Å². The van der Waals surface area contributed by atoms with Crippen LogP contribution >= 0.6 is 0 Å². The van der Waals surface area contributed by atoms with E-state index in [9.17, 15) is 9.59 Å². The van der Waals surface area contributed by atoms with E-state index in [1.165, 1.54) is 6.92 Å². The maximum Gasteiger partial charge on any atom is 0.340 e. The second-order valence-electron chi connectivity index (χ2n) is 3.57. The van der Waals surface area contributed by atoms with Crippen molar-refractivity contribution >= 4 is 11.9 Å². The SMILES string of the molecule is C=CN1CCCC1C(=O)OC(=O)C(=C)C. The van der Waals surface area contributed by atoms with Gasteiger partial charge in [-0.15, -0.1) is 0 Å². The zero-order valence-corrected chi connectivity index (χ0v) is 8.86. The molecule has 4 heteroatoms. The zero-order chi connectivity index (χ0) is 11.4. The number of rotatable bonds is 3. The number of hydrogen-bond donors (Lipinski definition) is 0. The van der Waals surface area contributed by atoms with Crippen molar-refractivity contribution in [3.05, 3.63) is 24.9 Å². The zero-order valence-electron chi connectivity index (χ0n) is 8.86. The summed E-state index contributed by atoms with van der Waals surface area (Å²) in [4.78, 5) is 24.5. The Morgan fingerprint density at radius 1 is 1.53 bits per heavy atom. The number of likely N-dealkylation sites (tertiary alicyclic amines) is 1. The molecule has 0 N–H and O–H groups in total. The standard InChI is InChI=1S/C11H15NO3/c1-4-12-7-5-6-9(12)11(14)15-10(13)8(2)3/h4,9H,1-2,5-7H2,3H3. The third-order valence-corrected chi connectivity index (χ3v) is 2.34. The summed E-state index contributed by atoms with van der Waals surface area (Å²) in [5.41, 5.74) is 0.228. The largest absolute Gasteiger partial charge is 0.388 e. The lowest BCUT2D eigenvalue weighted by atomic mass is 10.2. The molecular weight excluding hydrogens is 194 g/mol. The maximum atomic E-state index is 11.6. The van der Waals surface area contributed by atoms with Crippen LogP contribution < -0.4 is 0 Å². The first-order chi connectivity index (χ1) is 7.06. The quantitative estimate of drug-likeness (QED) is 0.398. The van der Waals surface area contributed by atoms with Gasteiger partial charge in [-0.1, -0.05) is 13.2 Å². The Labute approximate surface area is 89.2 Å². The fraction of sp³-hybridized carbons (Fsp3) is 0.455. The molecule has 15 heavy (non-hydrogen) atoms. The van der Waals surface area contributed by atoms with Crippen molar-refractivity contribution in [1.29, 1.82) is 0 Å². The van der Waals surface area contributed by atoms with Gasteiger partial charge in [0.25, 0.3) is 0 Å². The first-order valence-electron chi connectivity index (χ1n) is 4.86. The molecule has 4 nitrogen and oxygen atoms in total. The molecule has 0 radical (unpaired) electrons. The van der Waals surface area contributed by atoms with E-state index in [1.807, 2.05) is 0 Å². The third-order valence-electron chi connectivity index (χ3n) is 2.34. The summed E-state index contributed by atoms with van der Waals surface area (Å²) >= 11 is 0. The molecule has 0 saturated carbocycles. The van der Waals surface area contributed by atoms with Crippen LogP contribution in [-0.2, 0) is 14.3 Å².